The third kappa shape index (κ3) is 1.06. The molecule has 0 spiro atoms. The minimum atomic E-state index is -0.768. The van der Waals surface area contributed by atoms with Crippen LogP contribution in [0.25, 0.3) is 0 Å². The predicted molar refractivity (Wildman–Crippen MR) is 53.5 cm³/mol. The molecule has 3 heterocycles. The Morgan fingerprint density at radius 3 is 2.69 bits per heavy atom. The first-order valence-electron chi connectivity index (χ1n) is 5.26. The summed E-state index contributed by atoms with van der Waals surface area (Å²) in [5.41, 5.74) is -1.51. The number of nitrogens with one attached hydrogen (secondary N) is 3. The summed E-state index contributed by atoms with van der Waals surface area (Å²) in [4.78, 5) is 24.8. The molecule has 4 amide bonds. The van der Waals surface area contributed by atoms with Crippen molar-refractivity contribution in [2.75, 3.05) is 13.2 Å². The fourth-order valence-electron chi connectivity index (χ4n) is 2.34. The minimum Gasteiger partial charge on any atom is -0.371 e. The fourth-order valence-corrected chi connectivity index (χ4v) is 2.34. The molecule has 0 bridgehead atoms. The molecule has 0 aromatic rings. The van der Waals surface area contributed by atoms with Crippen molar-refractivity contribution in [1.29, 1.82) is 0 Å². The third-order valence-corrected chi connectivity index (χ3v) is 3.62. The van der Waals surface area contributed by atoms with E-state index in [-0.39, 0.29) is 18.2 Å². The quantitative estimate of drug-likeness (QED) is 0.536. The topological polar surface area (TPSA) is 86.0 Å². The average molecular weight is 226 g/mol. The first-order chi connectivity index (χ1) is 7.45. The maximum atomic E-state index is 11.8. The van der Waals surface area contributed by atoms with E-state index in [2.05, 4.69) is 16.0 Å². The van der Waals surface area contributed by atoms with Gasteiger partial charge in [0, 0.05) is 0 Å². The molecule has 7 heteroatoms. The molecule has 3 aliphatic heterocycles. The van der Waals surface area contributed by atoms with Gasteiger partial charge < -0.3 is 20.7 Å². The van der Waals surface area contributed by atoms with Crippen molar-refractivity contribution >= 4 is 12.1 Å². The SMILES string of the molecule is CC12NC(=O)NC1(C)N(CC1CO1)C(=O)N2. The van der Waals surface area contributed by atoms with Crippen LogP contribution in [0.4, 0.5) is 9.59 Å². The van der Waals surface area contributed by atoms with Gasteiger partial charge in [0.1, 0.15) is 0 Å². The van der Waals surface area contributed by atoms with Crippen molar-refractivity contribution in [1.82, 2.24) is 20.9 Å². The Kier molecular flexibility index (Phi) is 1.58. The molecule has 0 aromatic carbocycles. The number of epoxide rings is 1. The Balaban J connectivity index is 1.92. The zero-order valence-corrected chi connectivity index (χ0v) is 9.16. The van der Waals surface area contributed by atoms with Crippen LogP contribution in [0.2, 0.25) is 0 Å². The van der Waals surface area contributed by atoms with Crippen molar-refractivity contribution in [3.8, 4) is 0 Å². The summed E-state index contributed by atoms with van der Waals surface area (Å²) in [6.45, 7) is 4.79. The Labute approximate surface area is 92.5 Å². The molecule has 0 radical (unpaired) electrons. The zero-order chi connectivity index (χ0) is 11.6. The van der Waals surface area contributed by atoms with Gasteiger partial charge in [0.15, 0.2) is 11.3 Å². The number of hydrogen-bond donors (Lipinski definition) is 3. The molecule has 3 saturated heterocycles. The molecular formula is C9H14N4O3. The summed E-state index contributed by atoms with van der Waals surface area (Å²) in [6.07, 6.45) is 0.0995. The maximum Gasteiger partial charge on any atom is 0.321 e. The van der Waals surface area contributed by atoms with Gasteiger partial charge in [0.05, 0.1) is 19.3 Å². The molecule has 0 aliphatic carbocycles. The van der Waals surface area contributed by atoms with E-state index >= 15 is 0 Å². The summed E-state index contributed by atoms with van der Waals surface area (Å²) >= 11 is 0. The summed E-state index contributed by atoms with van der Waals surface area (Å²) < 4.78 is 5.12. The van der Waals surface area contributed by atoms with Gasteiger partial charge >= 0.3 is 12.1 Å². The molecule has 16 heavy (non-hydrogen) atoms. The predicted octanol–water partition coefficient (Wildman–Crippen LogP) is -0.844. The van der Waals surface area contributed by atoms with Gasteiger partial charge in [-0.3, -0.25) is 4.90 Å². The van der Waals surface area contributed by atoms with E-state index in [1.54, 1.807) is 11.8 Å². The summed E-state index contributed by atoms with van der Waals surface area (Å²) in [5, 5.41) is 8.29. The Hall–Kier alpha value is -1.50. The molecule has 0 aromatic heterocycles. The number of carbonyl (C=O) groups is 2. The highest BCUT2D eigenvalue weighted by atomic mass is 16.6. The lowest BCUT2D eigenvalue weighted by Gasteiger charge is -2.36. The van der Waals surface area contributed by atoms with Gasteiger partial charge in [-0.1, -0.05) is 0 Å². The number of carbonyl (C=O) groups excluding carboxylic acids is 2. The third-order valence-electron chi connectivity index (χ3n) is 3.62. The number of nitrogens with zero attached hydrogens (tertiary/aromatic N) is 1. The van der Waals surface area contributed by atoms with Crippen LogP contribution in [0.1, 0.15) is 13.8 Å². The van der Waals surface area contributed by atoms with E-state index < -0.39 is 11.3 Å². The van der Waals surface area contributed by atoms with E-state index in [1.807, 2.05) is 6.92 Å². The zero-order valence-electron chi connectivity index (χ0n) is 9.16. The Bertz CT molecular complexity index is 383. The van der Waals surface area contributed by atoms with E-state index in [9.17, 15) is 9.59 Å². The second kappa shape index (κ2) is 2.60. The molecule has 3 N–H and O–H groups in total. The average Bonchev–Trinajstić information content (AvgIpc) is 2.88. The molecule has 3 atom stereocenters. The lowest BCUT2D eigenvalue weighted by atomic mass is 9.99. The number of urea groups is 2. The van der Waals surface area contributed by atoms with Crippen LogP contribution in [-0.2, 0) is 4.74 Å². The second-order valence-corrected chi connectivity index (χ2v) is 4.77. The maximum absolute atomic E-state index is 11.8. The first-order valence-corrected chi connectivity index (χ1v) is 5.26. The largest absolute Gasteiger partial charge is 0.371 e. The highest BCUT2D eigenvalue weighted by molar-refractivity contribution is 5.87. The number of amides is 4. The first kappa shape index (κ1) is 9.71. The molecule has 3 rings (SSSR count). The van der Waals surface area contributed by atoms with Gasteiger partial charge in [-0.2, -0.15) is 0 Å². The van der Waals surface area contributed by atoms with Crippen molar-refractivity contribution in [3.63, 3.8) is 0 Å². The number of rotatable bonds is 2. The molecule has 3 aliphatic rings. The molecule has 0 saturated carbocycles. The van der Waals surface area contributed by atoms with Crippen LogP contribution >= 0.6 is 0 Å². The minimum absolute atomic E-state index is 0.0995. The van der Waals surface area contributed by atoms with Crippen LogP contribution < -0.4 is 16.0 Å². The monoisotopic (exact) mass is 226 g/mol. The van der Waals surface area contributed by atoms with Crippen LogP contribution in [-0.4, -0.2) is 47.5 Å². The standard InChI is InChI=1S/C9H14N4O3/c1-8-9(2,11-6(14)10-8)13(7(15)12-8)3-5-4-16-5/h5H,3-4H2,1-2H3,(H,12,15)(H2,10,11,14). The van der Waals surface area contributed by atoms with Crippen LogP contribution in [0.5, 0.6) is 0 Å². The van der Waals surface area contributed by atoms with Crippen LogP contribution in [0, 0.1) is 0 Å². The molecule has 3 unspecified atom stereocenters. The Morgan fingerprint density at radius 2 is 2.06 bits per heavy atom. The smallest absolute Gasteiger partial charge is 0.321 e. The van der Waals surface area contributed by atoms with E-state index in [0.717, 1.165) is 0 Å². The van der Waals surface area contributed by atoms with Gasteiger partial charge in [-0.25, -0.2) is 9.59 Å². The van der Waals surface area contributed by atoms with Gasteiger partial charge in [-0.05, 0) is 13.8 Å². The van der Waals surface area contributed by atoms with E-state index in [0.29, 0.717) is 13.2 Å². The van der Waals surface area contributed by atoms with Gasteiger partial charge in [-0.15, -0.1) is 0 Å². The number of ether oxygens (including phenoxy) is 1. The molecular weight excluding hydrogens is 212 g/mol. The number of fused-ring (bicyclic) bond motifs is 1. The Morgan fingerprint density at radius 1 is 1.38 bits per heavy atom. The summed E-state index contributed by atoms with van der Waals surface area (Å²) in [7, 11) is 0. The molecule has 88 valence electrons. The van der Waals surface area contributed by atoms with Crippen molar-refractivity contribution in [2.45, 2.75) is 31.3 Å². The van der Waals surface area contributed by atoms with E-state index in [1.165, 1.54) is 0 Å². The lowest BCUT2D eigenvalue weighted by Crippen LogP contribution is -2.63. The normalized spacial score (nSPS) is 44.9. The van der Waals surface area contributed by atoms with Gasteiger partial charge in [0.2, 0.25) is 0 Å². The second-order valence-electron chi connectivity index (χ2n) is 4.77. The highest BCUT2D eigenvalue weighted by Crippen LogP contribution is 2.34. The summed E-state index contributed by atoms with van der Waals surface area (Å²) in [5.74, 6) is 0. The van der Waals surface area contributed by atoms with Crippen LogP contribution in [0.15, 0.2) is 0 Å². The highest BCUT2D eigenvalue weighted by Gasteiger charge is 2.63. The van der Waals surface area contributed by atoms with Crippen molar-refractivity contribution in [3.05, 3.63) is 0 Å². The van der Waals surface area contributed by atoms with E-state index in [4.69, 9.17) is 4.74 Å². The van der Waals surface area contributed by atoms with Crippen molar-refractivity contribution in [2.24, 2.45) is 0 Å². The summed E-state index contributed by atoms with van der Waals surface area (Å²) in [6, 6.07) is -0.459. The van der Waals surface area contributed by atoms with Gasteiger partial charge in [0.25, 0.3) is 0 Å². The fraction of sp³-hybridized carbons (Fsp3) is 0.778. The number of hydrogen-bond acceptors (Lipinski definition) is 3. The van der Waals surface area contributed by atoms with Crippen LogP contribution in [0.3, 0.4) is 0 Å². The van der Waals surface area contributed by atoms with Crippen molar-refractivity contribution < 1.29 is 14.3 Å². The lowest BCUT2D eigenvalue weighted by molar-refractivity contribution is 0.106. The molecule has 7 nitrogen and oxygen atoms in total. The molecule has 3 fully saturated rings.